The summed E-state index contributed by atoms with van der Waals surface area (Å²) in [4.78, 5) is 12.3. The number of carbonyl (C=O) groups excluding carboxylic acids is 1. The highest BCUT2D eigenvalue weighted by Gasteiger charge is 2.41. The quantitative estimate of drug-likeness (QED) is 0.834. The number of ketones is 1. The number of hydrogen-bond donors (Lipinski definition) is 0. The van der Waals surface area contributed by atoms with Gasteiger partial charge in [0.25, 0.3) is 0 Å². The summed E-state index contributed by atoms with van der Waals surface area (Å²) in [5, 5.41) is 9.15. The van der Waals surface area contributed by atoms with E-state index in [1.165, 1.54) is 0 Å². The smallest absolute Gasteiger partial charge is 0.248 e. The number of nitrogens with zero attached hydrogens (tertiary/aromatic N) is 1. The molecule has 1 aliphatic rings. The van der Waals surface area contributed by atoms with Gasteiger partial charge in [0, 0.05) is 18.8 Å². The van der Waals surface area contributed by atoms with Crippen molar-refractivity contribution in [2.45, 2.75) is 37.5 Å². The van der Waals surface area contributed by atoms with Crippen LogP contribution in [0.2, 0.25) is 0 Å². The van der Waals surface area contributed by atoms with E-state index in [2.05, 4.69) is 0 Å². The first-order chi connectivity index (χ1) is 9.03. The molecule has 0 aromatic heterocycles. The fourth-order valence-electron chi connectivity index (χ4n) is 2.60. The maximum atomic E-state index is 13.3. The van der Waals surface area contributed by atoms with Gasteiger partial charge < -0.3 is 0 Å². The molecule has 0 bridgehead atoms. The van der Waals surface area contributed by atoms with Crippen molar-refractivity contribution in [1.29, 1.82) is 5.26 Å². The van der Waals surface area contributed by atoms with Crippen LogP contribution < -0.4 is 0 Å². The number of rotatable bonds is 3. The second-order valence-electron chi connectivity index (χ2n) is 5.02. The van der Waals surface area contributed by atoms with Gasteiger partial charge in [-0.2, -0.15) is 5.26 Å². The zero-order valence-corrected chi connectivity index (χ0v) is 10.5. The van der Waals surface area contributed by atoms with E-state index in [0.29, 0.717) is 18.4 Å². The molecule has 0 spiro atoms. The van der Waals surface area contributed by atoms with Crippen molar-refractivity contribution in [2.24, 2.45) is 5.92 Å². The maximum Gasteiger partial charge on any atom is 0.248 e. The molecule has 19 heavy (non-hydrogen) atoms. The highest BCUT2D eigenvalue weighted by Crippen LogP contribution is 2.39. The predicted molar refractivity (Wildman–Crippen MR) is 66.7 cm³/mol. The van der Waals surface area contributed by atoms with Crippen LogP contribution in [-0.4, -0.2) is 11.7 Å². The molecule has 1 aromatic carbocycles. The van der Waals surface area contributed by atoms with Crippen LogP contribution in [0.25, 0.3) is 0 Å². The lowest BCUT2D eigenvalue weighted by molar-refractivity contribution is -0.130. The molecule has 1 fully saturated rings. The van der Waals surface area contributed by atoms with Gasteiger partial charge >= 0.3 is 0 Å². The molecule has 0 radical (unpaired) electrons. The lowest BCUT2D eigenvalue weighted by Gasteiger charge is -2.29. The average molecular weight is 263 g/mol. The molecule has 0 amide bonds. The Morgan fingerprint density at radius 3 is 2.63 bits per heavy atom. The molecule has 100 valence electrons. The van der Waals surface area contributed by atoms with E-state index in [-0.39, 0.29) is 12.2 Å². The fourth-order valence-corrected chi connectivity index (χ4v) is 2.60. The molecular weight excluding hydrogens is 248 g/mol. The van der Waals surface area contributed by atoms with E-state index in [1.807, 2.05) is 6.07 Å². The standard InChI is InChI=1S/C15H15F2NO/c16-15(17)8-4-7-12(9-15)14(19)13(10-18)11-5-2-1-3-6-11/h1-3,5-6,12-13H,4,7-9H2. The number of halogens is 2. The van der Waals surface area contributed by atoms with Gasteiger partial charge in [0.15, 0.2) is 5.78 Å². The zero-order valence-electron chi connectivity index (χ0n) is 10.5. The minimum Gasteiger partial charge on any atom is -0.298 e. The van der Waals surface area contributed by atoms with Crippen LogP contribution in [0.3, 0.4) is 0 Å². The summed E-state index contributed by atoms with van der Waals surface area (Å²) in [5.74, 6) is -4.77. The van der Waals surface area contributed by atoms with E-state index in [1.54, 1.807) is 30.3 Å². The molecule has 0 saturated heterocycles. The van der Waals surface area contributed by atoms with Crippen molar-refractivity contribution in [3.05, 3.63) is 35.9 Å². The van der Waals surface area contributed by atoms with Crippen LogP contribution in [0.1, 0.15) is 37.2 Å². The summed E-state index contributed by atoms with van der Waals surface area (Å²) in [7, 11) is 0. The van der Waals surface area contributed by atoms with Gasteiger partial charge in [-0.1, -0.05) is 30.3 Å². The normalized spacial score (nSPS) is 23.3. The Balaban J connectivity index is 2.16. The monoisotopic (exact) mass is 263 g/mol. The van der Waals surface area contributed by atoms with Crippen LogP contribution in [0.4, 0.5) is 8.78 Å². The summed E-state index contributed by atoms with van der Waals surface area (Å²) in [6, 6.07) is 10.6. The van der Waals surface area contributed by atoms with Crippen LogP contribution in [0, 0.1) is 17.2 Å². The van der Waals surface area contributed by atoms with Crippen molar-refractivity contribution in [3.63, 3.8) is 0 Å². The first kappa shape index (κ1) is 13.7. The fraction of sp³-hybridized carbons (Fsp3) is 0.467. The van der Waals surface area contributed by atoms with Crippen LogP contribution >= 0.6 is 0 Å². The third kappa shape index (κ3) is 3.17. The van der Waals surface area contributed by atoms with Gasteiger partial charge in [0.05, 0.1) is 6.07 Å². The third-order valence-corrected chi connectivity index (χ3v) is 3.59. The summed E-state index contributed by atoms with van der Waals surface area (Å²) in [5.41, 5.74) is 0.587. The van der Waals surface area contributed by atoms with Crippen molar-refractivity contribution in [1.82, 2.24) is 0 Å². The highest BCUT2D eigenvalue weighted by molar-refractivity contribution is 5.90. The Bertz CT molecular complexity index is 493. The highest BCUT2D eigenvalue weighted by atomic mass is 19.3. The van der Waals surface area contributed by atoms with Gasteiger partial charge in [-0.3, -0.25) is 4.79 Å². The first-order valence-corrected chi connectivity index (χ1v) is 6.39. The topological polar surface area (TPSA) is 40.9 Å². The largest absolute Gasteiger partial charge is 0.298 e. The van der Waals surface area contributed by atoms with Gasteiger partial charge in [0.1, 0.15) is 5.92 Å². The van der Waals surface area contributed by atoms with Gasteiger partial charge in [-0.25, -0.2) is 8.78 Å². The van der Waals surface area contributed by atoms with Crippen LogP contribution in [-0.2, 0) is 4.79 Å². The second kappa shape index (κ2) is 5.48. The third-order valence-electron chi connectivity index (χ3n) is 3.59. The molecule has 2 rings (SSSR count). The van der Waals surface area contributed by atoms with Crippen molar-refractivity contribution in [2.75, 3.05) is 0 Å². The Morgan fingerprint density at radius 2 is 2.05 bits per heavy atom. The molecule has 1 aliphatic carbocycles. The second-order valence-corrected chi connectivity index (χ2v) is 5.02. The summed E-state index contributed by atoms with van der Waals surface area (Å²) >= 11 is 0. The number of benzene rings is 1. The SMILES string of the molecule is N#CC(C(=O)C1CCCC(F)(F)C1)c1ccccc1. The first-order valence-electron chi connectivity index (χ1n) is 6.39. The van der Waals surface area contributed by atoms with Crippen LogP contribution in [0.5, 0.6) is 0 Å². The molecule has 0 aliphatic heterocycles. The molecular formula is C15H15F2NO. The van der Waals surface area contributed by atoms with E-state index in [4.69, 9.17) is 5.26 Å². The Kier molecular flexibility index (Phi) is 3.94. The number of nitriles is 1. The van der Waals surface area contributed by atoms with E-state index < -0.39 is 24.2 Å². The van der Waals surface area contributed by atoms with Crippen molar-refractivity contribution >= 4 is 5.78 Å². The minimum absolute atomic E-state index is 0.153. The van der Waals surface area contributed by atoms with E-state index in [0.717, 1.165) is 0 Å². The molecule has 1 aromatic rings. The summed E-state index contributed by atoms with van der Waals surface area (Å²) in [6.45, 7) is 0. The summed E-state index contributed by atoms with van der Waals surface area (Å²) < 4.78 is 26.7. The van der Waals surface area contributed by atoms with Gasteiger partial charge in [0.2, 0.25) is 5.92 Å². The van der Waals surface area contributed by atoms with E-state index in [9.17, 15) is 13.6 Å². The average Bonchev–Trinajstić information content (AvgIpc) is 2.39. The molecule has 0 N–H and O–H groups in total. The molecule has 2 atom stereocenters. The van der Waals surface area contributed by atoms with Gasteiger partial charge in [-0.05, 0) is 18.4 Å². The maximum absolute atomic E-state index is 13.3. The zero-order chi connectivity index (χ0) is 13.9. The molecule has 2 unspecified atom stereocenters. The van der Waals surface area contributed by atoms with Crippen molar-refractivity contribution < 1.29 is 13.6 Å². The Hall–Kier alpha value is -1.76. The molecule has 1 saturated carbocycles. The lowest BCUT2D eigenvalue weighted by Crippen LogP contribution is -2.32. The Morgan fingerprint density at radius 1 is 1.37 bits per heavy atom. The molecule has 4 heteroatoms. The molecule has 2 nitrogen and oxygen atoms in total. The predicted octanol–water partition coefficient (Wildman–Crippen LogP) is 3.69. The lowest BCUT2D eigenvalue weighted by atomic mass is 9.78. The number of alkyl halides is 2. The number of hydrogen-bond acceptors (Lipinski definition) is 2. The van der Waals surface area contributed by atoms with Gasteiger partial charge in [-0.15, -0.1) is 0 Å². The Labute approximate surface area is 111 Å². The molecule has 0 heterocycles. The van der Waals surface area contributed by atoms with Crippen LogP contribution in [0.15, 0.2) is 30.3 Å². The number of Topliss-reactive ketones (excluding diaryl/α,β-unsaturated/α-hetero) is 1. The number of carbonyl (C=O) groups is 1. The summed E-state index contributed by atoms with van der Waals surface area (Å²) in [6.07, 6.45) is 0.228. The van der Waals surface area contributed by atoms with Crippen molar-refractivity contribution in [3.8, 4) is 6.07 Å². The minimum atomic E-state index is -2.77. The van der Waals surface area contributed by atoms with E-state index >= 15 is 0 Å².